The third-order valence-electron chi connectivity index (χ3n) is 5.12. The van der Waals surface area contributed by atoms with Gasteiger partial charge in [0.2, 0.25) is 11.8 Å². The fourth-order valence-electron chi connectivity index (χ4n) is 3.63. The fourth-order valence-corrected chi connectivity index (χ4v) is 3.63. The highest BCUT2D eigenvalue weighted by Crippen LogP contribution is 2.31. The van der Waals surface area contributed by atoms with Crippen LogP contribution >= 0.6 is 0 Å². The quantitative estimate of drug-likeness (QED) is 0.856. The van der Waals surface area contributed by atoms with Gasteiger partial charge in [-0.2, -0.15) is 0 Å². The minimum absolute atomic E-state index is 0.00189. The summed E-state index contributed by atoms with van der Waals surface area (Å²) >= 11 is 0. The minimum Gasteiger partial charge on any atom is -0.341 e. The lowest BCUT2D eigenvalue weighted by Crippen LogP contribution is -2.49. The molecule has 5 heteroatoms. The summed E-state index contributed by atoms with van der Waals surface area (Å²) in [7, 11) is 1.98. The maximum absolute atomic E-state index is 12.6. The molecule has 0 aromatic heterocycles. The molecule has 2 rings (SSSR count). The summed E-state index contributed by atoms with van der Waals surface area (Å²) in [4.78, 5) is 27.9. The Kier molecular flexibility index (Phi) is 5.62. The number of hydrogen-bond acceptors (Lipinski definition) is 3. The molecule has 120 valence electrons. The number of hydrogen-bond donors (Lipinski definition) is 1. The van der Waals surface area contributed by atoms with E-state index in [1.165, 1.54) is 19.3 Å². The fraction of sp³-hybridized carbons (Fsp3) is 0.875. The molecular weight excluding hydrogens is 266 g/mol. The van der Waals surface area contributed by atoms with E-state index in [0.717, 1.165) is 32.4 Å². The average molecular weight is 295 g/mol. The van der Waals surface area contributed by atoms with Crippen molar-refractivity contribution in [1.82, 2.24) is 15.1 Å². The van der Waals surface area contributed by atoms with Crippen LogP contribution in [0.4, 0.5) is 0 Å². The normalized spacial score (nSPS) is 22.8. The lowest BCUT2D eigenvalue weighted by molar-refractivity contribution is -0.134. The van der Waals surface area contributed by atoms with Crippen LogP contribution in [0.5, 0.6) is 0 Å². The van der Waals surface area contributed by atoms with Crippen molar-refractivity contribution < 1.29 is 9.59 Å². The lowest BCUT2D eigenvalue weighted by atomic mass is 9.79. The van der Waals surface area contributed by atoms with Crippen molar-refractivity contribution in [2.75, 3.05) is 33.2 Å². The molecule has 21 heavy (non-hydrogen) atoms. The summed E-state index contributed by atoms with van der Waals surface area (Å²) in [6.45, 7) is 4.51. The smallest absolute Gasteiger partial charge is 0.224 e. The summed E-state index contributed by atoms with van der Waals surface area (Å²) in [5.74, 6) is 0.361. The lowest BCUT2D eigenvalue weighted by Gasteiger charge is -2.38. The van der Waals surface area contributed by atoms with Crippen molar-refractivity contribution in [3.63, 3.8) is 0 Å². The molecule has 1 saturated heterocycles. The Bertz CT molecular complexity index is 378. The molecule has 0 aromatic rings. The Labute approximate surface area is 128 Å². The van der Waals surface area contributed by atoms with E-state index in [1.54, 1.807) is 6.92 Å². The third-order valence-corrected chi connectivity index (χ3v) is 5.12. The number of rotatable bonds is 3. The summed E-state index contributed by atoms with van der Waals surface area (Å²) in [5, 5.41) is 3.42. The van der Waals surface area contributed by atoms with Crippen LogP contribution in [-0.2, 0) is 9.59 Å². The molecule has 0 spiro atoms. The molecule has 5 nitrogen and oxygen atoms in total. The van der Waals surface area contributed by atoms with Crippen LogP contribution in [-0.4, -0.2) is 60.4 Å². The molecule has 2 aliphatic rings. The van der Waals surface area contributed by atoms with Crippen molar-refractivity contribution in [3.05, 3.63) is 0 Å². The molecule has 2 fully saturated rings. The Hall–Kier alpha value is -1.10. The van der Waals surface area contributed by atoms with E-state index in [-0.39, 0.29) is 17.4 Å². The van der Waals surface area contributed by atoms with E-state index >= 15 is 0 Å². The van der Waals surface area contributed by atoms with Crippen molar-refractivity contribution >= 4 is 11.8 Å². The molecule has 0 unspecified atom stereocenters. The van der Waals surface area contributed by atoms with Crippen molar-refractivity contribution in [2.24, 2.45) is 0 Å². The van der Waals surface area contributed by atoms with Crippen molar-refractivity contribution in [3.8, 4) is 0 Å². The van der Waals surface area contributed by atoms with E-state index in [2.05, 4.69) is 5.32 Å². The predicted molar refractivity (Wildman–Crippen MR) is 82.9 cm³/mol. The van der Waals surface area contributed by atoms with Gasteiger partial charge in [0.15, 0.2) is 0 Å². The number of amides is 2. The van der Waals surface area contributed by atoms with Crippen LogP contribution in [0.1, 0.15) is 51.9 Å². The molecule has 0 aromatic carbocycles. The van der Waals surface area contributed by atoms with Crippen LogP contribution in [0, 0.1) is 0 Å². The highest BCUT2D eigenvalue weighted by Gasteiger charge is 2.34. The second-order valence-electron chi connectivity index (χ2n) is 6.51. The standard InChI is InChI=1S/C16H29N3O2/c1-14(20)18-9-6-10-19(12-11-18)15(21)13-16(17-2)7-4-3-5-8-16/h17H,3-13H2,1-2H3. The van der Waals surface area contributed by atoms with Gasteiger partial charge in [-0.25, -0.2) is 0 Å². The van der Waals surface area contributed by atoms with Gasteiger partial charge in [-0.05, 0) is 26.3 Å². The maximum Gasteiger partial charge on any atom is 0.224 e. The number of nitrogens with one attached hydrogen (secondary N) is 1. The molecular formula is C16H29N3O2. The molecule has 1 aliphatic carbocycles. The monoisotopic (exact) mass is 295 g/mol. The summed E-state index contributed by atoms with van der Waals surface area (Å²) < 4.78 is 0. The Balaban J connectivity index is 1.91. The highest BCUT2D eigenvalue weighted by molar-refractivity contribution is 5.78. The number of nitrogens with zero attached hydrogens (tertiary/aromatic N) is 2. The topological polar surface area (TPSA) is 52.7 Å². The first-order valence-corrected chi connectivity index (χ1v) is 8.28. The Morgan fingerprint density at radius 2 is 1.57 bits per heavy atom. The van der Waals surface area contributed by atoms with Gasteiger partial charge in [0.1, 0.15) is 0 Å². The predicted octanol–water partition coefficient (Wildman–Crippen LogP) is 1.38. The van der Waals surface area contributed by atoms with Gasteiger partial charge in [0.05, 0.1) is 0 Å². The molecule has 1 aliphatic heterocycles. The van der Waals surface area contributed by atoms with Crippen LogP contribution in [0.3, 0.4) is 0 Å². The summed E-state index contributed by atoms with van der Waals surface area (Å²) in [5.41, 5.74) is 0.00189. The highest BCUT2D eigenvalue weighted by atomic mass is 16.2. The van der Waals surface area contributed by atoms with Gasteiger partial charge in [-0.3, -0.25) is 9.59 Å². The summed E-state index contributed by atoms with van der Waals surface area (Å²) in [6, 6.07) is 0. The van der Waals surface area contributed by atoms with Gasteiger partial charge in [0.25, 0.3) is 0 Å². The van der Waals surface area contributed by atoms with Gasteiger partial charge in [-0.1, -0.05) is 19.3 Å². The third kappa shape index (κ3) is 4.19. The second kappa shape index (κ2) is 7.25. The molecule has 1 N–H and O–H groups in total. The van der Waals surface area contributed by atoms with Gasteiger partial charge >= 0.3 is 0 Å². The van der Waals surface area contributed by atoms with Crippen LogP contribution in [0.15, 0.2) is 0 Å². The zero-order valence-corrected chi connectivity index (χ0v) is 13.5. The van der Waals surface area contributed by atoms with E-state index in [0.29, 0.717) is 19.5 Å². The van der Waals surface area contributed by atoms with Gasteiger partial charge in [-0.15, -0.1) is 0 Å². The van der Waals surface area contributed by atoms with Gasteiger partial charge in [0, 0.05) is 45.1 Å². The zero-order valence-electron chi connectivity index (χ0n) is 13.5. The maximum atomic E-state index is 12.6. The molecule has 0 bridgehead atoms. The van der Waals surface area contributed by atoms with Crippen LogP contribution in [0.25, 0.3) is 0 Å². The average Bonchev–Trinajstić information content (AvgIpc) is 2.74. The molecule has 0 radical (unpaired) electrons. The minimum atomic E-state index is 0.00189. The summed E-state index contributed by atoms with van der Waals surface area (Å²) in [6.07, 6.45) is 7.40. The van der Waals surface area contributed by atoms with Crippen LogP contribution in [0.2, 0.25) is 0 Å². The van der Waals surface area contributed by atoms with Gasteiger partial charge < -0.3 is 15.1 Å². The first-order chi connectivity index (χ1) is 10.1. The molecule has 1 heterocycles. The zero-order chi connectivity index (χ0) is 15.3. The van der Waals surface area contributed by atoms with Crippen LogP contribution < -0.4 is 5.32 Å². The van der Waals surface area contributed by atoms with E-state index in [4.69, 9.17) is 0 Å². The van der Waals surface area contributed by atoms with E-state index < -0.39 is 0 Å². The first-order valence-electron chi connectivity index (χ1n) is 8.28. The Morgan fingerprint density at radius 3 is 2.19 bits per heavy atom. The van der Waals surface area contributed by atoms with E-state index in [1.807, 2.05) is 16.8 Å². The molecule has 1 saturated carbocycles. The SMILES string of the molecule is CNC1(CC(=O)N2CCCN(C(C)=O)CC2)CCCCC1. The largest absolute Gasteiger partial charge is 0.341 e. The number of carbonyl (C=O) groups is 2. The molecule has 0 atom stereocenters. The second-order valence-corrected chi connectivity index (χ2v) is 6.51. The number of carbonyl (C=O) groups excluding carboxylic acids is 2. The molecule has 2 amide bonds. The Morgan fingerprint density at radius 1 is 0.952 bits per heavy atom. The first kappa shape index (κ1) is 16.3. The van der Waals surface area contributed by atoms with Crippen molar-refractivity contribution in [2.45, 2.75) is 57.4 Å². The van der Waals surface area contributed by atoms with E-state index in [9.17, 15) is 9.59 Å². The van der Waals surface area contributed by atoms with Crippen molar-refractivity contribution in [1.29, 1.82) is 0 Å².